The smallest absolute Gasteiger partial charge is 0.256 e. The van der Waals surface area contributed by atoms with Gasteiger partial charge >= 0.3 is 0 Å². The van der Waals surface area contributed by atoms with E-state index in [1.807, 2.05) is 18.2 Å². The van der Waals surface area contributed by atoms with Gasteiger partial charge in [0, 0.05) is 25.8 Å². The highest BCUT2D eigenvalue weighted by molar-refractivity contribution is 7.90. The SMILES string of the molecule is O=C(NCCS(=O)(=O)NCc1ccccc1)C1=CC=CN2CCS(=O)(=O)N=C12. The van der Waals surface area contributed by atoms with Crippen LogP contribution in [0.15, 0.2) is 58.7 Å². The summed E-state index contributed by atoms with van der Waals surface area (Å²) in [7, 11) is -7.19. The fourth-order valence-electron chi connectivity index (χ4n) is 2.65. The van der Waals surface area contributed by atoms with E-state index in [2.05, 4.69) is 14.4 Å². The molecule has 11 heteroatoms. The Bertz CT molecular complexity index is 1040. The summed E-state index contributed by atoms with van der Waals surface area (Å²) in [5.74, 6) is -0.954. The topological polar surface area (TPSA) is 125 Å². The summed E-state index contributed by atoms with van der Waals surface area (Å²) < 4.78 is 53.7. The Labute approximate surface area is 163 Å². The molecule has 0 unspecified atom stereocenters. The van der Waals surface area contributed by atoms with Crippen LogP contribution in [-0.2, 0) is 31.4 Å². The third kappa shape index (κ3) is 5.27. The summed E-state index contributed by atoms with van der Waals surface area (Å²) in [5.41, 5.74) is 0.909. The normalized spacial score (nSPS) is 18.1. The van der Waals surface area contributed by atoms with E-state index in [-0.39, 0.29) is 42.5 Å². The highest BCUT2D eigenvalue weighted by Gasteiger charge is 2.29. The van der Waals surface area contributed by atoms with Gasteiger partial charge in [-0.05, 0) is 17.7 Å². The van der Waals surface area contributed by atoms with Crippen molar-refractivity contribution < 1.29 is 21.6 Å². The lowest BCUT2D eigenvalue weighted by atomic mass is 10.1. The average molecular weight is 425 g/mol. The van der Waals surface area contributed by atoms with E-state index in [0.717, 1.165) is 5.56 Å². The van der Waals surface area contributed by atoms with E-state index in [4.69, 9.17) is 0 Å². The molecule has 0 saturated heterocycles. The van der Waals surface area contributed by atoms with Gasteiger partial charge in [0.25, 0.3) is 15.9 Å². The van der Waals surface area contributed by atoms with Gasteiger partial charge < -0.3 is 10.2 Å². The fraction of sp³-hybridized carbons (Fsp3) is 0.294. The summed E-state index contributed by atoms with van der Waals surface area (Å²) in [6.07, 6.45) is 4.71. The zero-order valence-corrected chi connectivity index (χ0v) is 16.5. The molecule has 2 aliphatic heterocycles. The van der Waals surface area contributed by atoms with Gasteiger partial charge in [-0.2, -0.15) is 0 Å². The Morgan fingerprint density at radius 3 is 2.71 bits per heavy atom. The molecule has 0 aromatic heterocycles. The molecule has 2 N–H and O–H groups in total. The van der Waals surface area contributed by atoms with Crippen molar-refractivity contribution in [2.45, 2.75) is 6.54 Å². The fourth-order valence-corrected chi connectivity index (χ4v) is 4.54. The summed E-state index contributed by atoms with van der Waals surface area (Å²) in [6, 6.07) is 9.07. The third-order valence-corrected chi connectivity index (χ3v) is 6.57. The largest absolute Gasteiger partial charge is 0.351 e. The number of benzene rings is 1. The van der Waals surface area contributed by atoms with Crippen LogP contribution in [0.3, 0.4) is 0 Å². The van der Waals surface area contributed by atoms with Gasteiger partial charge in [-0.3, -0.25) is 4.79 Å². The van der Waals surface area contributed by atoms with Gasteiger partial charge in [0.2, 0.25) is 10.0 Å². The molecule has 1 amide bonds. The van der Waals surface area contributed by atoms with Gasteiger partial charge in [0.15, 0.2) is 5.84 Å². The number of nitrogens with zero attached hydrogens (tertiary/aromatic N) is 2. The van der Waals surface area contributed by atoms with Crippen LogP contribution < -0.4 is 10.0 Å². The zero-order valence-electron chi connectivity index (χ0n) is 14.9. The number of carbonyl (C=O) groups excluding carboxylic acids is 1. The Morgan fingerprint density at radius 2 is 1.96 bits per heavy atom. The molecule has 1 aromatic carbocycles. The van der Waals surface area contributed by atoms with Crippen LogP contribution in [0.25, 0.3) is 0 Å². The summed E-state index contributed by atoms with van der Waals surface area (Å²) in [6.45, 7) is 0.251. The van der Waals surface area contributed by atoms with Crippen LogP contribution in [0.5, 0.6) is 0 Å². The van der Waals surface area contributed by atoms with Crippen LogP contribution >= 0.6 is 0 Å². The van der Waals surface area contributed by atoms with Crippen LogP contribution in [-0.4, -0.2) is 58.1 Å². The molecule has 9 nitrogen and oxygen atoms in total. The number of fused-ring (bicyclic) bond motifs is 1. The molecule has 0 saturated carbocycles. The second-order valence-corrected chi connectivity index (χ2v) is 9.88. The van der Waals surface area contributed by atoms with E-state index >= 15 is 0 Å². The number of sulfonamides is 2. The van der Waals surface area contributed by atoms with Gasteiger partial charge in [-0.25, -0.2) is 21.6 Å². The highest BCUT2D eigenvalue weighted by atomic mass is 32.2. The average Bonchev–Trinajstić information content (AvgIpc) is 2.66. The summed E-state index contributed by atoms with van der Waals surface area (Å²) in [5, 5.41) is 2.50. The molecule has 2 heterocycles. The minimum absolute atomic E-state index is 0.0521. The minimum atomic E-state index is -3.61. The summed E-state index contributed by atoms with van der Waals surface area (Å²) in [4.78, 5) is 14.0. The molecule has 0 bridgehead atoms. The number of rotatable bonds is 7. The zero-order chi connectivity index (χ0) is 20.2. The van der Waals surface area contributed by atoms with Crippen molar-refractivity contribution in [2.24, 2.45) is 4.40 Å². The Hall–Kier alpha value is -2.50. The molecule has 2 aliphatic rings. The number of nitrogens with one attached hydrogen (secondary N) is 2. The quantitative estimate of drug-likeness (QED) is 0.620. The van der Waals surface area contributed by atoms with Gasteiger partial charge in [0.05, 0.1) is 17.1 Å². The first-order chi connectivity index (χ1) is 13.3. The predicted molar refractivity (Wildman–Crippen MR) is 105 cm³/mol. The molecular formula is C17H20N4O5S2. The van der Waals surface area contributed by atoms with E-state index in [1.54, 1.807) is 29.3 Å². The molecule has 150 valence electrons. The lowest BCUT2D eigenvalue weighted by molar-refractivity contribution is -0.116. The molecule has 3 rings (SSSR count). The Morgan fingerprint density at radius 1 is 1.21 bits per heavy atom. The minimum Gasteiger partial charge on any atom is -0.351 e. The Kier molecular flexibility index (Phi) is 5.96. The van der Waals surface area contributed by atoms with Crippen LogP contribution in [0.2, 0.25) is 0 Å². The maximum absolute atomic E-state index is 12.4. The van der Waals surface area contributed by atoms with Crippen LogP contribution in [0.1, 0.15) is 5.56 Å². The molecule has 0 aliphatic carbocycles. The first-order valence-corrected chi connectivity index (χ1v) is 11.8. The van der Waals surface area contributed by atoms with Crippen molar-refractivity contribution >= 4 is 31.8 Å². The Balaban J connectivity index is 1.56. The predicted octanol–water partition coefficient (Wildman–Crippen LogP) is -0.280. The van der Waals surface area contributed by atoms with E-state index < -0.39 is 26.0 Å². The molecule has 0 radical (unpaired) electrons. The second-order valence-electron chi connectivity index (χ2n) is 6.20. The number of allylic oxidation sites excluding steroid dienone is 2. The molecule has 0 spiro atoms. The van der Waals surface area contributed by atoms with E-state index in [0.29, 0.717) is 0 Å². The van der Waals surface area contributed by atoms with Crippen molar-refractivity contribution in [1.29, 1.82) is 0 Å². The number of amidine groups is 1. The first-order valence-electron chi connectivity index (χ1n) is 8.53. The van der Waals surface area contributed by atoms with E-state index in [9.17, 15) is 21.6 Å². The third-order valence-electron chi connectivity index (χ3n) is 4.10. The van der Waals surface area contributed by atoms with Gasteiger partial charge in [-0.1, -0.05) is 30.3 Å². The molecule has 28 heavy (non-hydrogen) atoms. The monoisotopic (exact) mass is 424 g/mol. The maximum atomic E-state index is 12.4. The number of hydrogen-bond acceptors (Lipinski definition) is 6. The van der Waals surface area contributed by atoms with Crippen molar-refractivity contribution in [3.8, 4) is 0 Å². The van der Waals surface area contributed by atoms with Gasteiger partial charge in [0.1, 0.15) is 0 Å². The standard InChI is InChI=1S/C17H20N4O5S2/c22-17(15-7-4-9-21-10-12-28(25,26)20-16(15)21)18-8-11-27(23,24)19-13-14-5-2-1-3-6-14/h1-7,9,19H,8,10-13H2,(H,18,22). The lowest BCUT2D eigenvalue weighted by Crippen LogP contribution is -2.43. The maximum Gasteiger partial charge on any atom is 0.256 e. The van der Waals surface area contributed by atoms with Crippen molar-refractivity contribution in [3.63, 3.8) is 0 Å². The van der Waals surface area contributed by atoms with Crippen molar-refractivity contribution in [1.82, 2.24) is 14.9 Å². The van der Waals surface area contributed by atoms with Crippen LogP contribution in [0, 0.1) is 0 Å². The second kappa shape index (κ2) is 8.25. The number of amides is 1. The first kappa shape index (κ1) is 20.2. The van der Waals surface area contributed by atoms with Crippen LogP contribution in [0.4, 0.5) is 0 Å². The van der Waals surface area contributed by atoms with E-state index in [1.165, 1.54) is 6.08 Å². The molecular weight excluding hydrogens is 404 g/mol. The molecule has 0 atom stereocenters. The molecule has 0 fully saturated rings. The van der Waals surface area contributed by atoms with Crippen molar-refractivity contribution in [3.05, 3.63) is 59.8 Å². The van der Waals surface area contributed by atoms with Gasteiger partial charge in [-0.15, -0.1) is 4.40 Å². The highest BCUT2D eigenvalue weighted by Crippen LogP contribution is 2.17. The van der Waals surface area contributed by atoms with Crippen molar-refractivity contribution in [2.75, 3.05) is 24.6 Å². The summed E-state index contributed by atoms with van der Waals surface area (Å²) >= 11 is 0. The number of hydrogen-bond donors (Lipinski definition) is 2. The lowest BCUT2D eigenvalue weighted by Gasteiger charge is -2.28. The number of carbonyl (C=O) groups is 1. The molecule has 1 aromatic rings.